The van der Waals surface area contributed by atoms with Gasteiger partial charge < -0.3 is 14.8 Å². The normalized spacial score (nSPS) is 11.6. The average Bonchev–Trinajstić information content (AvgIpc) is 2.65. The van der Waals surface area contributed by atoms with Crippen LogP contribution in [0.5, 0.6) is 11.5 Å². The Bertz CT molecular complexity index is 982. The number of hydrogen-bond acceptors (Lipinski definition) is 4. The first-order valence-electron chi connectivity index (χ1n) is 8.30. The molecule has 9 heteroatoms. The first-order valence-corrected chi connectivity index (χ1v) is 8.68. The standard InChI is InChI=1S/C20H16ClF3N2O3/c1-3-29-17-9-12(8-16(21)18(17)28-2)7-13(11-25)19(27)26-15-6-4-5-14(10-15)20(22,23)24/h4-10H,3H2,1-2H3,(H,26,27)/b13-7+. The highest BCUT2D eigenvalue weighted by molar-refractivity contribution is 6.32. The molecule has 2 rings (SSSR count). The van der Waals surface area contributed by atoms with E-state index in [-0.39, 0.29) is 16.3 Å². The number of halogens is 4. The Morgan fingerprint density at radius 3 is 2.62 bits per heavy atom. The van der Waals surface area contributed by atoms with E-state index in [0.29, 0.717) is 23.7 Å². The van der Waals surface area contributed by atoms with E-state index < -0.39 is 17.6 Å². The second kappa shape index (κ2) is 9.34. The largest absolute Gasteiger partial charge is 0.491 e. The number of hydrogen-bond donors (Lipinski definition) is 1. The Balaban J connectivity index is 2.33. The number of nitrogens with zero attached hydrogens (tertiary/aromatic N) is 1. The van der Waals surface area contributed by atoms with Crippen LogP contribution in [0.3, 0.4) is 0 Å². The van der Waals surface area contributed by atoms with Gasteiger partial charge in [-0.2, -0.15) is 18.4 Å². The molecule has 1 N–H and O–H groups in total. The molecule has 152 valence electrons. The Hall–Kier alpha value is -3.18. The molecular weight excluding hydrogens is 409 g/mol. The third-order valence-corrected chi connectivity index (χ3v) is 3.94. The van der Waals surface area contributed by atoms with Crippen LogP contribution in [0.15, 0.2) is 42.0 Å². The van der Waals surface area contributed by atoms with E-state index in [2.05, 4.69) is 5.32 Å². The van der Waals surface area contributed by atoms with Crippen molar-refractivity contribution in [3.05, 3.63) is 58.1 Å². The molecule has 5 nitrogen and oxygen atoms in total. The van der Waals surface area contributed by atoms with Crippen molar-refractivity contribution in [3.8, 4) is 17.6 Å². The van der Waals surface area contributed by atoms with Crippen molar-refractivity contribution in [3.63, 3.8) is 0 Å². The number of alkyl halides is 3. The zero-order valence-electron chi connectivity index (χ0n) is 15.4. The van der Waals surface area contributed by atoms with Gasteiger partial charge in [-0.25, -0.2) is 0 Å². The van der Waals surface area contributed by atoms with Crippen molar-refractivity contribution in [1.82, 2.24) is 0 Å². The summed E-state index contributed by atoms with van der Waals surface area (Å²) in [4.78, 5) is 12.4. The molecule has 2 aromatic carbocycles. The predicted molar refractivity (Wildman–Crippen MR) is 103 cm³/mol. The van der Waals surface area contributed by atoms with Crippen molar-refractivity contribution in [2.75, 3.05) is 19.0 Å². The topological polar surface area (TPSA) is 71.3 Å². The molecule has 0 aliphatic carbocycles. The number of ether oxygens (including phenoxy) is 2. The van der Waals surface area contributed by atoms with Gasteiger partial charge in [-0.05, 0) is 48.9 Å². The third-order valence-electron chi connectivity index (χ3n) is 3.66. The van der Waals surface area contributed by atoms with Gasteiger partial charge in [-0.3, -0.25) is 4.79 Å². The molecule has 0 aliphatic heterocycles. The third kappa shape index (κ3) is 5.65. The van der Waals surface area contributed by atoms with Crippen LogP contribution in [-0.2, 0) is 11.0 Å². The fourth-order valence-electron chi connectivity index (χ4n) is 2.42. The number of methoxy groups -OCH3 is 1. The summed E-state index contributed by atoms with van der Waals surface area (Å²) in [6.45, 7) is 2.10. The quantitative estimate of drug-likeness (QED) is 0.503. The van der Waals surface area contributed by atoms with Gasteiger partial charge in [-0.15, -0.1) is 0 Å². The maximum absolute atomic E-state index is 12.8. The van der Waals surface area contributed by atoms with Gasteiger partial charge in [0.25, 0.3) is 5.91 Å². The van der Waals surface area contributed by atoms with Crippen LogP contribution in [0.2, 0.25) is 5.02 Å². The molecule has 0 aromatic heterocycles. The second-order valence-corrected chi connectivity index (χ2v) is 6.08. The summed E-state index contributed by atoms with van der Waals surface area (Å²) in [5, 5.41) is 11.8. The molecule has 2 aromatic rings. The van der Waals surface area contributed by atoms with Crippen molar-refractivity contribution in [1.29, 1.82) is 5.26 Å². The highest BCUT2D eigenvalue weighted by Gasteiger charge is 2.30. The molecule has 0 saturated carbocycles. The van der Waals surface area contributed by atoms with E-state index in [1.165, 1.54) is 31.4 Å². The number of nitriles is 1. The fraction of sp³-hybridized carbons (Fsp3) is 0.200. The lowest BCUT2D eigenvalue weighted by Crippen LogP contribution is -2.14. The summed E-state index contributed by atoms with van der Waals surface area (Å²) in [5.74, 6) is -0.237. The Morgan fingerprint density at radius 1 is 1.31 bits per heavy atom. The minimum Gasteiger partial charge on any atom is -0.491 e. The van der Waals surface area contributed by atoms with Gasteiger partial charge in [-0.1, -0.05) is 17.7 Å². The lowest BCUT2D eigenvalue weighted by molar-refractivity contribution is -0.137. The van der Waals surface area contributed by atoms with Crippen LogP contribution in [0.4, 0.5) is 18.9 Å². The highest BCUT2D eigenvalue weighted by Crippen LogP contribution is 2.37. The minimum absolute atomic E-state index is 0.0891. The molecule has 0 bridgehead atoms. The fourth-order valence-corrected chi connectivity index (χ4v) is 2.72. The van der Waals surface area contributed by atoms with Crippen molar-refractivity contribution in [2.45, 2.75) is 13.1 Å². The van der Waals surface area contributed by atoms with E-state index in [4.69, 9.17) is 21.1 Å². The molecule has 0 atom stereocenters. The smallest absolute Gasteiger partial charge is 0.416 e. The van der Waals surface area contributed by atoms with Gasteiger partial charge >= 0.3 is 6.18 Å². The molecule has 0 aliphatic rings. The number of nitrogens with one attached hydrogen (secondary N) is 1. The summed E-state index contributed by atoms with van der Waals surface area (Å²) >= 11 is 6.14. The Morgan fingerprint density at radius 2 is 2.03 bits per heavy atom. The predicted octanol–water partition coefficient (Wildman–Crippen LogP) is 5.31. The molecule has 0 spiro atoms. The average molecular weight is 425 g/mol. The summed E-state index contributed by atoms with van der Waals surface area (Å²) in [7, 11) is 1.42. The number of carbonyl (C=O) groups excluding carboxylic acids is 1. The van der Waals surface area contributed by atoms with Crippen LogP contribution in [0.25, 0.3) is 6.08 Å². The van der Waals surface area contributed by atoms with E-state index in [1.807, 2.05) is 0 Å². The zero-order valence-corrected chi connectivity index (χ0v) is 16.2. The molecule has 0 saturated heterocycles. The van der Waals surface area contributed by atoms with Crippen molar-refractivity contribution >= 4 is 29.3 Å². The summed E-state index contributed by atoms with van der Waals surface area (Å²) in [6, 6.07) is 8.84. The first-order chi connectivity index (χ1) is 13.7. The number of benzene rings is 2. The van der Waals surface area contributed by atoms with Crippen LogP contribution in [0.1, 0.15) is 18.1 Å². The minimum atomic E-state index is -4.55. The van der Waals surface area contributed by atoms with E-state index in [9.17, 15) is 23.2 Å². The van der Waals surface area contributed by atoms with Crippen LogP contribution < -0.4 is 14.8 Å². The van der Waals surface area contributed by atoms with Crippen LogP contribution >= 0.6 is 11.6 Å². The molecule has 0 unspecified atom stereocenters. The molecule has 0 heterocycles. The summed E-state index contributed by atoms with van der Waals surface area (Å²) < 4.78 is 49.0. The number of carbonyl (C=O) groups is 1. The van der Waals surface area contributed by atoms with E-state index in [0.717, 1.165) is 18.2 Å². The molecular formula is C20H16ClF3N2O3. The van der Waals surface area contributed by atoms with Gasteiger partial charge in [0, 0.05) is 5.69 Å². The van der Waals surface area contributed by atoms with Crippen molar-refractivity contribution in [2.24, 2.45) is 0 Å². The lowest BCUT2D eigenvalue weighted by atomic mass is 10.1. The number of anilines is 1. The monoisotopic (exact) mass is 424 g/mol. The number of rotatable bonds is 6. The van der Waals surface area contributed by atoms with E-state index in [1.54, 1.807) is 13.0 Å². The van der Waals surface area contributed by atoms with Gasteiger partial charge in [0.15, 0.2) is 11.5 Å². The lowest BCUT2D eigenvalue weighted by Gasteiger charge is -2.12. The molecule has 29 heavy (non-hydrogen) atoms. The number of amides is 1. The Kier molecular flexibility index (Phi) is 7.13. The molecule has 0 fully saturated rings. The summed E-state index contributed by atoms with van der Waals surface area (Å²) in [5.41, 5.74) is -0.948. The maximum atomic E-state index is 12.8. The second-order valence-electron chi connectivity index (χ2n) is 5.67. The first kappa shape index (κ1) is 22.1. The van der Waals surface area contributed by atoms with Crippen LogP contribution in [-0.4, -0.2) is 19.6 Å². The van der Waals surface area contributed by atoms with Crippen LogP contribution in [0, 0.1) is 11.3 Å². The Labute approximate surface area is 170 Å². The molecule has 0 radical (unpaired) electrons. The van der Waals surface area contributed by atoms with Gasteiger partial charge in [0.1, 0.15) is 11.6 Å². The van der Waals surface area contributed by atoms with Gasteiger partial charge in [0.05, 0.1) is 24.3 Å². The SMILES string of the molecule is CCOc1cc(/C=C(\C#N)C(=O)Nc2cccc(C(F)(F)F)c2)cc(Cl)c1OC. The highest BCUT2D eigenvalue weighted by atomic mass is 35.5. The maximum Gasteiger partial charge on any atom is 0.416 e. The summed E-state index contributed by atoms with van der Waals surface area (Å²) in [6.07, 6.45) is -3.30. The van der Waals surface area contributed by atoms with E-state index >= 15 is 0 Å². The van der Waals surface area contributed by atoms with Gasteiger partial charge in [0.2, 0.25) is 0 Å². The van der Waals surface area contributed by atoms with Crippen molar-refractivity contribution < 1.29 is 27.4 Å². The molecule has 1 amide bonds. The zero-order chi connectivity index (χ0) is 21.6.